The second kappa shape index (κ2) is 12.3. The fourth-order valence-electron chi connectivity index (χ4n) is 6.08. The Bertz CT molecular complexity index is 976. The summed E-state index contributed by atoms with van der Waals surface area (Å²) in [5.74, 6) is 0.783. The molecule has 0 heterocycles. The van der Waals surface area contributed by atoms with Gasteiger partial charge in [-0.2, -0.15) is 0 Å². The first kappa shape index (κ1) is 26.1. The summed E-state index contributed by atoms with van der Waals surface area (Å²) in [6, 6.07) is 9.56. The molecular weight excluding hydrogens is 456 g/mol. The highest BCUT2D eigenvalue weighted by atomic mass is 32.2. The molecule has 2 fully saturated rings. The van der Waals surface area contributed by atoms with Crippen LogP contribution in [-0.4, -0.2) is 18.6 Å². The summed E-state index contributed by atoms with van der Waals surface area (Å²) >= 11 is 0. The smallest absolute Gasteiger partial charge is 0.206 e. The summed E-state index contributed by atoms with van der Waals surface area (Å²) in [4.78, 5) is 0.465. The molecule has 0 bridgehead atoms. The summed E-state index contributed by atoms with van der Waals surface area (Å²) in [6.45, 7) is 0. The molecule has 0 amide bonds. The number of benzene rings is 2. The molecule has 5 heteroatoms. The van der Waals surface area contributed by atoms with Crippen molar-refractivity contribution >= 4 is 9.84 Å². The van der Waals surface area contributed by atoms with Crippen LogP contribution in [0.1, 0.15) is 126 Å². The van der Waals surface area contributed by atoms with Gasteiger partial charge in [-0.05, 0) is 85.0 Å². The number of rotatable bonds is 4. The molecule has 4 nitrogen and oxygen atoms in total. The monoisotopic (exact) mass is 498 g/mol. The molecule has 0 saturated heterocycles. The number of phenols is 2. The Hall–Kier alpha value is -2.01. The second-order valence-electron chi connectivity index (χ2n) is 10.7. The van der Waals surface area contributed by atoms with Crippen LogP contribution in [0.4, 0.5) is 0 Å². The van der Waals surface area contributed by atoms with E-state index in [9.17, 15) is 18.6 Å². The van der Waals surface area contributed by atoms with Gasteiger partial charge in [-0.3, -0.25) is 0 Å². The number of phenolic OH excluding ortho intramolecular Hbond substituents is 2. The molecular formula is C30H42O4S. The van der Waals surface area contributed by atoms with Crippen LogP contribution in [0.2, 0.25) is 0 Å². The average Bonchev–Trinajstić information content (AvgIpc) is 3.08. The Balaban J connectivity index is 1.64. The Labute approximate surface area is 211 Å². The van der Waals surface area contributed by atoms with Gasteiger partial charge in [-0.1, -0.05) is 77.0 Å². The fraction of sp³-hybridized carbons (Fsp3) is 0.600. The van der Waals surface area contributed by atoms with Crippen molar-refractivity contribution in [2.75, 3.05) is 0 Å². The van der Waals surface area contributed by atoms with Crippen LogP contribution in [0.3, 0.4) is 0 Å². The molecule has 2 aliphatic rings. The van der Waals surface area contributed by atoms with Gasteiger partial charge in [-0.15, -0.1) is 0 Å². The van der Waals surface area contributed by atoms with Gasteiger partial charge in [0.1, 0.15) is 11.5 Å². The Morgan fingerprint density at radius 2 is 0.829 bits per heavy atom. The quantitative estimate of drug-likeness (QED) is 0.444. The van der Waals surface area contributed by atoms with E-state index in [4.69, 9.17) is 0 Å². The van der Waals surface area contributed by atoms with E-state index in [0.29, 0.717) is 0 Å². The van der Waals surface area contributed by atoms with E-state index in [1.54, 1.807) is 24.3 Å². The molecule has 0 spiro atoms. The van der Waals surface area contributed by atoms with E-state index in [1.165, 1.54) is 63.5 Å². The van der Waals surface area contributed by atoms with Crippen LogP contribution in [-0.2, 0) is 9.84 Å². The SMILES string of the molecule is O=S(=O)(c1ccc(O)c(C2CCCCCCCC2)c1)c1ccc(O)c(C2CCCCCCCC2)c1. The molecule has 2 aliphatic carbocycles. The largest absolute Gasteiger partial charge is 0.508 e. The van der Waals surface area contributed by atoms with E-state index < -0.39 is 9.84 Å². The van der Waals surface area contributed by atoms with Gasteiger partial charge < -0.3 is 10.2 Å². The highest BCUT2D eigenvalue weighted by Crippen LogP contribution is 2.40. The number of sulfone groups is 1. The van der Waals surface area contributed by atoms with Gasteiger partial charge in [-0.25, -0.2) is 8.42 Å². The summed E-state index contributed by atoms with van der Waals surface area (Å²) < 4.78 is 27.4. The number of hydrogen-bond acceptors (Lipinski definition) is 4. The first-order chi connectivity index (χ1) is 17.0. The van der Waals surface area contributed by atoms with E-state index in [2.05, 4.69) is 0 Å². The first-order valence-electron chi connectivity index (χ1n) is 13.9. The minimum atomic E-state index is -3.76. The van der Waals surface area contributed by atoms with E-state index >= 15 is 0 Å². The Kier molecular flexibility index (Phi) is 9.16. The average molecular weight is 499 g/mol. The third-order valence-corrected chi connectivity index (χ3v) is 9.96. The number of aromatic hydroxyl groups is 2. The normalized spacial score (nSPS) is 20.1. The summed E-state index contributed by atoms with van der Waals surface area (Å²) in [7, 11) is -3.76. The highest BCUT2D eigenvalue weighted by molar-refractivity contribution is 7.91. The van der Waals surface area contributed by atoms with Crippen molar-refractivity contribution in [2.45, 2.75) is 124 Å². The molecule has 0 aliphatic heterocycles. The van der Waals surface area contributed by atoms with E-state index in [-0.39, 0.29) is 33.1 Å². The van der Waals surface area contributed by atoms with Crippen molar-refractivity contribution in [3.8, 4) is 11.5 Å². The van der Waals surface area contributed by atoms with Crippen LogP contribution in [0.15, 0.2) is 46.2 Å². The van der Waals surface area contributed by atoms with E-state index in [1.807, 2.05) is 0 Å². The third-order valence-electron chi connectivity index (χ3n) is 8.21. The van der Waals surface area contributed by atoms with Crippen LogP contribution >= 0.6 is 0 Å². The van der Waals surface area contributed by atoms with Gasteiger partial charge in [0.2, 0.25) is 9.84 Å². The molecule has 0 radical (unpaired) electrons. The maximum absolute atomic E-state index is 13.7. The lowest BCUT2D eigenvalue weighted by Gasteiger charge is -2.20. The maximum Gasteiger partial charge on any atom is 0.206 e. The molecule has 0 unspecified atom stereocenters. The molecule has 0 atom stereocenters. The fourth-order valence-corrected chi connectivity index (χ4v) is 7.41. The third kappa shape index (κ3) is 6.61. The highest BCUT2D eigenvalue weighted by Gasteiger charge is 2.25. The van der Waals surface area contributed by atoms with Crippen molar-refractivity contribution in [3.63, 3.8) is 0 Å². The van der Waals surface area contributed by atoms with Crippen molar-refractivity contribution in [1.82, 2.24) is 0 Å². The zero-order valence-electron chi connectivity index (χ0n) is 21.1. The van der Waals surface area contributed by atoms with Crippen LogP contribution in [0.25, 0.3) is 0 Å². The van der Waals surface area contributed by atoms with Gasteiger partial charge in [0.15, 0.2) is 0 Å². The van der Waals surface area contributed by atoms with Crippen molar-refractivity contribution in [1.29, 1.82) is 0 Å². The zero-order chi connectivity index (χ0) is 24.7. The lowest BCUT2D eigenvalue weighted by atomic mass is 9.89. The van der Waals surface area contributed by atoms with Crippen molar-refractivity contribution < 1.29 is 18.6 Å². The van der Waals surface area contributed by atoms with Gasteiger partial charge >= 0.3 is 0 Å². The van der Waals surface area contributed by atoms with E-state index in [0.717, 1.165) is 62.5 Å². The first-order valence-corrected chi connectivity index (χ1v) is 15.4. The minimum Gasteiger partial charge on any atom is -0.508 e. The van der Waals surface area contributed by atoms with Crippen LogP contribution < -0.4 is 0 Å². The summed E-state index contributed by atoms with van der Waals surface area (Å²) in [5.41, 5.74) is 1.53. The molecule has 4 rings (SSSR count). The molecule has 2 saturated carbocycles. The molecule has 192 valence electrons. The Morgan fingerprint density at radius 3 is 1.17 bits per heavy atom. The second-order valence-corrected chi connectivity index (χ2v) is 12.7. The zero-order valence-corrected chi connectivity index (χ0v) is 21.9. The lowest BCUT2D eigenvalue weighted by molar-refractivity contribution is 0.446. The standard InChI is InChI=1S/C30H42O4S/c31-29-19-17-25(21-27(29)23-13-9-5-1-2-6-10-14-23)35(33,34)26-18-20-30(32)28(22-26)24-15-11-7-3-4-8-12-16-24/h17-24,31-32H,1-16H2. The number of hydrogen-bond donors (Lipinski definition) is 2. The maximum atomic E-state index is 13.7. The lowest BCUT2D eigenvalue weighted by Crippen LogP contribution is -2.07. The molecule has 2 N–H and O–H groups in total. The summed E-state index contributed by atoms with van der Waals surface area (Å²) in [6.07, 6.45) is 18.3. The molecule has 2 aromatic rings. The predicted molar refractivity (Wildman–Crippen MR) is 141 cm³/mol. The van der Waals surface area contributed by atoms with Gasteiger partial charge in [0, 0.05) is 0 Å². The van der Waals surface area contributed by atoms with Crippen molar-refractivity contribution in [3.05, 3.63) is 47.5 Å². The Morgan fingerprint density at radius 1 is 0.514 bits per heavy atom. The topological polar surface area (TPSA) is 74.6 Å². The molecule has 2 aromatic carbocycles. The van der Waals surface area contributed by atoms with Crippen molar-refractivity contribution in [2.24, 2.45) is 0 Å². The predicted octanol–water partition coefficient (Wildman–Crippen LogP) is 8.37. The summed E-state index contributed by atoms with van der Waals surface area (Å²) in [5, 5.41) is 21.3. The van der Waals surface area contributed by atoms with Crippen LogP contribution in [0, 0.1) is 0 Å². The van der Waals surface area contributed by atoms with Gasteiger partial charge in [0.25, 0.3) is 0 Å². The van der Waals surface area contributed by atoms with Gasteiger partial charge in [0.05, 0.1) is 9.79 Å². The van der Waals surface area contributed by atoms with Crippen LogP contribution in [0.5, 0.6) is 11.5 Å². The molecule has 0 aromatic heterocycles. The molecule has 35 heavy (non-hydrogen) atoms. The minimum absolute atomic E-state index is 0.192.